The fourth-order valence-electron chi connectivity index (χ4n) is 4.10. The molecule has 0 unspecified atom stereocenters. The molecule has 0 atom stereocenters. The van der Waals surface area contributed by atoms with Gasteiger partial charge in [0.2, 0.25) is 0 Å². The molecule has 2 N–H and O–H groups in total. The van der Waals surface area contributed by atoms with Gasteiger partial charge in [-0.15, -0.1) is 0 Å². The topological polar surface area (TPSA) is 73.4 Å². The zero-order valence-corrected chi connectivity index (χ0v) is 14.8. The molecule has 4 rings (SSSR count). The van der Waals surface area contributed by atoms with Crippen LogP contribution in [0, 0.1) is 0 Å². The highest BCUT2D eigenvalue weighted by atomic mass is 16.4. The number of carbonyl (C=O) groups is 2. The van der Waals surface area contributed by atoms with Gasteiger partial charge < -0.3 is 15.0 Å². The molecule has 2 heterocycles. The van der Waals surface area contributed by atoms with Gasteiger partial charge in [0.25, 0.3) is 5.91 Å². The molecular weight excluding hydrogens is 328 g/mol. The highest BCUT2D eigenvalue weighted by molar-refractivity contribution is 6.35. The van der Waals surface area contributed by atoms with E-state index in [2.05, 4.69) is 4.98 Å². The third-order valence-electron chi connectivity index (χ3n) is 5.41. The van der Waals surface area contributed by atoms with Crippen LogP contribution in [0.5, 0.6) is 0 Å². The average molecular weight is 350 g/mol. The fourth-order valence-corrected chi connectivity index (χ4v) is 4.10. The molecule has 26 heavy (non-hydrogen) atoms. The second-order valence-electron chi connectivity index (χ2n) is 7.01. The molecule has 0 saturated carbocycles. The number of hydrogen-bond acceptors (Lipinski definition) is 2. The number of nitrogens with one attached hydrogen (secondary N) is 1. The third-order valence-corrected chi connectivity index (χ3v) is 5.41. The van der Waals surface area contributed by atoms with Gasteiger partial charge in [0, 0.05) is 30.4 Å². The van der Waals surface area contributed by atoms with Crippen LogP contribution in [-0.4, -0.2) is 29.0 Å². The highest BCUT2D eigenvalue weighted by Gasteiger charge is 2.30. The number of aryl methyl sites for hydroxylation is 1. The number of aromatic amines is 1. The van der Waals surface area contributed by atoms with Crippen LogP contribution in [0.2, 0.25) is 0 Å². The second kappa shape index (κ2) is 6.48. The number of fused-ring (bicyclic) bond motifs is 2. The van der Waals surface area contributed by atoms with Crippen LogP contribution in [0.1, 0.15) is 47.3 Å². The Morgan fingerprint density at radius 1 is 1.27 bits per heavy atom. The van der Waals surface area contributed by atoms with Gasteiger partial charge >= 0.3 is 5.97 Å². The number of benzene rings is 1. The molecule has 1 aromatic heterocycles. The molecule has 0 radical (unpaired) electrons. The summed E-state index contributed by atoms with van der Waals surface area (Å²) in [5, 5.41) is 9.11. The highest BCUT2D eigenvalue weighted by Crippen LogP contribution is 2.38. The zero-order valence-electron chi connectivity index (χ0n) is 14.8. The van der Waals surface area contributed by atoms with E-state index >= 15 is 0 Å². The first-order valence-corrected chi connectivity index (χ1v) is 9.10. The maximum absolute atomic E-state index is 12.7. The monoisotopic (exact) mass is 350 g/mol. The second-order valence-corrected chi connectivity index (χ2v) is 7.01. The van der Waals surface area contributed by atoms with Crippen molar-refractivity contribution in [2.45, 2.75) is 38.5 Å². The number of aromatic nitrogens is 1. The SMILES string of the molecule is CN1C(=O)C(=Cc2[nH]c3c(c2CCC(=O)O)CCCC3)c2ccccc21. The number of H-pyrrole nitrogens is 1. The quantitative estimate of drug-likeness (QED) is 0.830. The van der Waals surface area contributed by atoms with Gasteiger partial charge in [0.05, 0.1) is 11.3 Å². The summed E-state index contributed by atoms with van der Waals surface area (Å²) >= 11 is 0. The lowest BCUT2D eigenvalue weighted by molar-refractivity contribution is -0.137. The van der Waals surface area contributed by atoms with Crippen LogP contribution in [0.3, 0.4) is 0 Å². The minimum atomic E-state index is -0.795. The Hall–Kier alpha value is -2.82. The zero-order chi connectivity index (χ0) is 18.3. The first-order valence-electron chi connectivity index (χ1n) is 9.10. The van der Waals surface area contributed by atoms with Crippen molar-refractivity contribution in [3.8, 4) is 0 Å². The van der Waals surface area contributed by atoms with Gasteiger partial charge in [-0.25, -0.2) is 0 Å². The van der Waals surface area contributed by atoms with Gasteiger partial charge in [0.15, 0.2) is 0 Å². The maximum atomic E-state index is 12.7. The first kappa shape index (κ1) is 16.6. The van der Waals surface area contributed by atoms with Crippen LogP contribution < -0.4 is 4.90 Å². The molecule has 0 spiro atoms. The number of carbonyl (C=O) groups excluding carboxylic acids is 1. The van der Waals surface area contributed by atoms with E-state index in [1.165, 1.54) is 11.3 Å². The summed E-state index contributed by atoms with van der Waals surface area (Å²) in [5.74, 6) is -0.820. The molecule has 0 fully saturated rings. The number of carboxylic acids is 1. The first-order chi connectivity index (χ1) is 12.6. The summed E-state index contributed by atoms with van der Waals surface area (Å²) in [7, 11) is 1.78. The van der Waals surface area contributed by atoms with Crippen LogP contribution in [0.25, 0.3) is 11.6 Å². The van der Waals surface area contributed by atoms with Crippen LogP contribution in [0.4, 0.5) is 5.69 Å². The number of para-hydroxylation sites is 1. The van der Waals surface area contributed by atoms with E-state index in [1.54, 1.807) is 11.9 Å². The van der Waals surface area contributed by atoms with Crippen molar-refractivity contribution in [3.63, 3.8) is 0 Å². The number of hydrogen-bond donors (Lipinski definition) is 2. The van der Waals surface area contributed by atoms with Crippen molar-refractivity contribution in [1.82, 2.24) is 4.98 Å². The van der Waals surface area contributed by atoms with Crippen molar-refractivity contribution >= 4 is 29.2 Å². The summed E-state index contributed by atoms with van der Waals surface area (Å²) in [6, 6.07) is 7.77. The van der Waals surface area contributed by atoms with Crippen LogP contribution in [0.15, 0.2) is 24.3 Å². The van der Waals surface area contributed by atoms with E-state index < -0.39 is 5.97 Å². The van der Waals surface area contributed by atoms with E-state index in [4.69, 9.17) is 5.11 Å². The smallest absolute Gasteiger partial charge is 0.303 e. The standard InChI is InChI=1S/C21H22N2O3/c1-23-19-9-5-3-7-15(19)16(21(23)26)12-18-14(10-11-20(24)25)13-6-2-4-8-17(13)22-18/h3,5,7,9,12,22H,2,4,6,8,10-11H2,1H3,(H,24,25). The molecule has 134 valence electrons. The molecule has 2 aliphatic rings. The predicted octanol–water partition coefficient (Wildman–Crippen LogP) is 3.43. The predicted molar refractivity (Wildman–Crippen MR) is 101 cm³/mol. The van der Waals surface area contributed by atoms with Gasteiger partial charge in [-0.05, 0) is 55.4 Å². The summed E-state index contributed by atoms with van der Waals surface area (Å²) in [6.07, 6.45) is 6.76. The van der Waals surface area contributed by atoms with Crippen molar-refractivity contribution in [1.29, 1.82) is 0 Å². The lowest BCUT2D eigenvalue weighted by Crippen LogP contribution is -2.20. The lowest BCUT2D eigenvalue weighted by Gasteiger charge is -2.12. The molecule has 0 saturated heterocycles. The van der Waals surface area contributed by atoms with E-state index in [-0.39, 0.29) is 12.3 Å². The van der Waals surface area contributed by atoms with Crippen molar-refractivity contribution < 1.29 is 14.7 Å². The van der Waals surface area contributed by atoms with E-state index in [9.17, 15) is 9.59 Å². The Morgan fingerprint density at radius 2 is 2.04 bits per heavy atom. The number of nitrogens with zero attached hydrogens (tertiary/aromatic N) is 1. The Morgan fingerprint density at radius 3 is 2.85 bits per heavy atom. The van der Waals surface area contributed by atoms with Gasteiger partial charge in [0.1, 0.15) is 0 Å². The largest absolute Gasteiger partial charge is 0.481 e. The maximum Gasteiger partial charge on any atom is 0.303 e. The minimum Gasteiger partial charge on any atom is -0.481 e. The molecule has 5 nitrogen and oxygen atoms in total. The number of likely N-dealkylation sites (N-methyl/N-ethyl adjacent to an activating group) is 1. The Kier molecular flexibility index (Phi) is 4.15. The van der Waals surface area contributed by atoms with E-state index in [0.29, 0.717) is 12.0 Å². The van der Waals surface area contributed by atoms with Gasteiger partial charge in [-0.3, -0.25) is 9.59 Å². The number of carboxylic acid groups (broad SMARTS) is 1. The van der Waals surface area contributed by atoms with E-state index in [0.717, 1.165) is 48.2 Å². The van der Waals surface area contributed by atoms with Gasteiger partial charge in [-0.2, -0.15) is 0 Å². The Balaban J connectivity index is 1.81. The normalized spacial score (nSPS) is 17.5. The van der Waals surface area contributed by atoms with Gasteiger partial charge in [-0.1, -0.05) is 18.2 Å². The number of anilines is 1. The minimum absolute atomic E-state index is 0.0250. The third kappa shape index (κ3) is 2.73. The number of rotatable bonds is 4. The van der Waals surface area contributed by atoms with E-state index in [1.807, 2.05) is 30.3 Å². The molecule has 0 bridgehead atoms. The van der Waals surface area contributed by atoms with Crippen molar-refractivity contribution in [2.24, 2.45) is 0 Å². The number of aliphatic carboxylic acids is 1. The molecule has 1 aromatic carbocycles. The molecule has 1 aliphatic heterocycles. The summed E-state index contributed by atoms with van der Waals surface area (Å²) < 4.78 is 0. The lowest BCUT2D eigenvalue weighted by atomic mass is 9.92. The average Bonchev–Trinajstić information content (AvgIpc) is 3.11. The molecule has 5 heteroatoms. The molecule has 1 aliphatic carbocycles. The molecule has 1 amide bonds. The van der Waals surface area contributed by atoms with Crippen LogP contribution >= 0.6 is 0 Å². The van der Waals surface area contributed by atoms with Crippen molar-refractivity contribution in [2.75, 3.05) is 11.9 Å². The van der Waals surface area contributed by atoms with Crippen molar-refractivity contribution in [3.05, 3.63) is 52.3 Å². The summed E-state index contributed by atoms with van der Waals surface area (Å²) in [5.41, 5.74) is 6.93. The number of amides is 1. The summed E-state index contributed by atoms with van der Waals surface area (Å²) in [4.78, 5) is 29.0. The van der Waals surface area contributed by atoms with Crippen LogP contribution in [-0.2, 0) is 28.9 Å². The summed E-state index contributed by atoms with van der Waals surface area (Å²) in [6.45, 7) is 0. The molecule has 2 aromatic rings. The molecular formula is C21H22N2O3. The Bertz CT molecular complexity index is 923. The fraction of sp³-hybridized carbons (Fsp3) is 0.333. The Labute approximate surface area is 152 Å².